The lowest BCUT2D eigenvalue weighted by atomic mass is 10.0. The van der Waals surface area contributed by atoms with Crippen LogP contribution in [0.2, 0.25) is 5.02 Å². The van der Waals surface area contributed by atoms with E-state index in [1.165, 1.54) is 23.9 Å². The molecule has 7 rings (SSSR count). The van der Waals surface area contributed by atoms with E-state index < -0.39 is 29.7 Å². The van der Waals surface area contributed by atoms with Crippen LogP contribution in [0.1, 0.15) is 83.4 Å². The number of thiazole rings is 1. The number of benzene rings is 2. The van der Waals surface area contributed by atoms with E-state index in [-0.39, 0.29) is 42.3 Å². The van der Waals surface area contributed by atoms with Gasteiger partial charge in [0.25, 0.3) is 17.7 Å². The quantitative estimate of drug-likeness (QED) is 0.132. The first-order chi connectivity index (χ1) is 30.0. The standard InChI is InChI=1S/C39H42ClN11O6S.2C2H6/c1-3-30(44-39-42-20-29(58-39)36(55)46-34-24(2)6-4-8-26(34)40)43-22-41-23-48-14-12-47(13-15-48)21-32(53)50-18-16-49(17-19-50)27-9-5-7-25-33(27)38(57)51(37(25)56)28-10-11-31(52)45-35(28)54;2*1-2/h3-9,20,22-23,28H,10-19,21H2,1-2H3,(H,42,44)(H,46,55)(H,45,52,54);2*1-2H3/b30-3+,41-23?,43-22-;;. The average molecular weight is 888 g/mol. The molecule has 62 heavy (non-hydrogen) atoms. The zero-order chi connectivity index (χ0) is 44.9. The monoisotopic (exact) mass is 887 g/mol. The maximum absolute atomic E-state index is 13.6. The molecule has 0 radical (unpaired) electrons. The summed E-state index contributed by atoms with van der Waals surface area (Å²) in [4.78, 5) is 99.5. The number of piperidine rings is 1. The second-order valence-corrected chi connectivity index (χ2v) is 15.5. The number of para-hydroxylation sites is 1. The third-order valence-corrected chi connectivity index (χ3v) is 11.6. The highest BCUT2D eigenvalue weighted by molar-refractivity contribution is 7.17. The van der Waals surface area contributed by atoms with Crippen molar-refractivity contribution in [3.63, 3.8) is 0 Å². The smallest absolute Gasteiger partial charge is 0.267 e. The van der Waals surface area contributed by atoms with Gasteiger partial charge in [-0.05, 0) is 50.1 Å². The highest BCUT2D eigenvalue weighted by Gasteiger charge is 2.46. The molecule has 3 N–H and O–H groups in total. The van der Waals surface area contributed by atoms with Crippen LogP contribution in [0.15, 0.2) is 64.5 Å². The first-order valence-electron chi connectivity index (χ1n) is 20.9. The molecule has 4 aliphatic heterocycles. The molecular formula is C43H54ClN11O6S. The Morgan fingerprint density at radius 1 is 0.935 bits per heavy atom. The number of carbonyl (C=O) groups excluding carboxylic acids is 6. The van der Waals surface area contributed by atoms with Crippen LogP contribution in [0.25, 0.3) is 0 Å². The highest BCUT2D eigenvalue weighted by atomic mass is 35.5. The number of anilines is 3. The van der Waals surface area contributed by atoms with Gasteiger partial charge in [0.05, 0.1) is 46.6 Å². The van der Waals surface area contributed by atoms with E-state index in [2.05, 4.69) is 40.7 Å². The van der Waals surface area contributed by atoms with Gasteiger partial charge in [0, 0.05) is 58.8 Å². The summed E-state index contributed by atoms with van der Waals surface area (Å²) in [6, 6.07) is 9.46. The number of hydrogen-bond donors (Lipinski definition) is 3. The molecule has 17 nitrogen and oxygen atoms in total. The fourth-order valence-electron chi connectivity index (χ4n) is 7.20. The van der Waals surface area contributed by atoms with Gasteiger partial charge < -0.3 is 25.3 Å². The molecule has 0 bridgehead atoms. The minimum Gasteiger partial charge on any atom is -0.367 e. The first-order valence-corrected chi connectivity index (χ1v) is 22.1. The molecular weight excluding hydrogens is 834 g/mol. The Hall–Kier alpha value is -5.98. The lowest BCUT2D eigenvalue weighted by Crippen LogP contribution is -2.54. The lowest BCUT2D eigenvalue weighted by Gasteiger charge is -2.38. The summed E-state index contributed by atoms with van der Waals surface area (Å²) < 4.78 is 0. The van der Waals surface area contributed by atoms with E-state index in [0.29, 0.717) is 84.6 Å². The number of carbonyl (C=O) groups is 6. The molecule has 1 aromatic heterocycles. The summed E-state index contributed by atoms with van der Waals surface area (Å²) in [6.07, 6.45) is 6.56. The fraction of sp³-hybridized carbons (Fsp3) is 0.419. The number of amides is 6. The Labute approximate surface area is 370 Å². The van der Waals surface area contributed by atoms with Crippen molar-refractivity contribution in [2.45, 2.75) is 60.4 Å². The number of imide groups is 2. The largest absolute Gasteiger partial charge is 0.367 e. The van der Waals surface area contributed by atoms with E-state index in [9.17, 15) is 28.8 Å². The third kappa shape index (κ3) is 11.1. The molecule has 19 heteroatoms. The fourth-order valence-corrected chi connectivity index (χ4v) is 8.18. The number of piperazine rings is 2. The number of aromatic nitrogens is 1. The highest BCUT2D eigenvalue weighted by Crippen LogP contribution is 2.35. The van der Waals surface area contributed by atoms with Crippen LogP contribution in [-0.2, 0) is 14.4 Å². The van der Waals surface area contributed by atoms with Crippen molar-refractivity contribution in [1.29, 1.82) is 0 Å². The zero-order valence-corrected chi connectivity index (χ0v) is 37.5. The van der Waals surface area contributed by atoms with Gasteiger partial charge in [-0.2, -0.15) is 0 Å². The van der Waals surface area contributed by atoms with Crippen molar-refractivity contribution in [1.82, 2.24) is 29.9 Å². The van der Waals surface area contributed by atoms with Crippen molar-refractivity contribution in [2.24, 2.45) is 9.98 Å². The molecule has 0 saturated carbocycles. The number of fused-ring (bicyclic) bond motifs is 1. The predicted molar refractivity (Wildman–Crippen MR) is 243 cm³/mol. The van der Waals surface area contributed by atoms with Gasteiger partial charge in [0.1, 0.15) is 23.1 Å². The number of nitrogens with one attached hydrogen (secondary N) is 3. The minimum absolute atomic E-state index is 0.0255. The molecule has 0 aliphatic carbocycles. The number of halogens is 1. The van der Waals surface area contributed by atoms with Crippen LogP contribution in [0.4, 0.5) is 16.5 Å². The Bertz CT molecular complexity index is 2210. The number of nitrogens with zero attached hydrogens (tertiary/aromatic N) is 8. The Morgan fingerprint density at radius 2 is 1.65 bits per heavy atom. The second kappa shape index (κ2) is 22.2. The van der Waals surface area contributed by atoms with Gasteiger partial charge in [0.15, 0.2) is 5.13 Å². The second-order valence-electron chi connectivity index (χ2n) is 14.1. The summed E-state index contributed by atoms with van der Waals surface area (Å²) in [5, 5.41) is 9.13. The van der Waals surface area contributed by atoms with Crippen LogP contribution in [-0.4, -0.2) is 138 Å². The zero-order valence-electron chi connectivity index (χ0n) is 35.9. The van der Waals surface area contributed by atoms with Crippen LogP contribution in [0.5, 0.6) is 0 Å². The number of hydrogen-bond acceptors (Lipinski definition) is 12. The van der Waals surface area contributed by atoms with E-state index in [1.54, 1.807) is 36.7 Å². The lowest BCUT2D eigenvalue weighted by molar-refractivity contribution is -0.136. The van der Waals surface area contributed by atoms with Gasteiger partial charge in [-0.15, -0.1) is 0 Å². The summed E-state index contributed by atoms with van der Waals surface area (Å²) in [5.74, 6) is -1.93. The van der Waals surface area contributed by atoms with Crippen LogP contribution in [0.3, 0.4) is 0 Å². The van der Waals surface area contributed by atoms with Gasteiger partial charge in [-0.25, -0.2) is 15.0 Å². The summed E-state index contributed by atoms with van der Waals surface area (Å²) in [5.41, 5.74) is 2.50. The van der Waals surface area contributed by atoms with E-state index in [0.717, 1.165) is 10.5 Å². The van der Waals surface area contributed by atoms with Gasteiger partial charge in [-0.1, -0.05) is 68.8 Å². The van der Waals surface area contributed by atoms with Gasteiger partial charge in [0.2, 0.25) is 17.7 Å². The maximum Gasteiger partial charge on any atom is 0.267 e. The molecule has 4 aliphatic rings. The average Bonchev–Trinajstić information content (AvgIpc) is 3.86. The number of rotatable bonds is 11. The first kappa shape index (κ1) is 47.1. The van der Waals surface area contributed by atoms with Crippen LogP contribution in [0, 0.1) is 6.92 Å². The van der Waals surface area contributed by atoms with Crippen molar-refractivity contribution in [3.05, 3.63) is 81.1 Å². The maximum atomic E-state index is 13.6. The van der Waals surface area contributed by atoms with Crippen LogP contribution < -0.4 is 20.9 Å². The van der Waals surface area contributed by atoms with Crippen molar-refractivity contribution in [2.75, 3.05) is 74.4 Å². The molecule has 1 atom stereocenters. The molecule has 0 spiro atoms. The Kier molecular flexibility index (Phi) is 16.9. The summed E-state index contributed by atoms with van der Waals surface area (Å²) in [7, 11) is 0. The number of aliphatic imine (C=N–C) groups is 2. The molecule has 2 aromatic carbocycles. The van der Waals surface area contributed by atoms with Crippen molar-refractivity contribution < 1.29 is 28.8 Å². The molecule has 1 unspecified atom stereocenters. The van der Waals surface area contributed by atoms with Crippen molar-refractivity contribution >= 4 is 87.6 Å². The molecule has 6 amide bonds. The van der Waals surface area contributed by atoms with Gasteiger partial charge in [-0.3, -0.25) is 43.9 Å². The van der Waals surface area contributed by atoms with Crippen molar-refractivity contribution in [3.8, 4) is 0 Å². The Morgan fingerprint density at radius 3 is 2.32 bits per heavy atom. The Balaban J connectivity index is 0.00000176. The molecule has 5 heterocycles. The number of aryl methyl sites for hydroxylation is 1. The molecule has 3 saturated heterocycles. The summed E-state index contributed by atoms with van der Waals surface area (Å²) >= 11 is 7.44. The van der Waals surface area contributed by atoms with E-state index in [1.807, 2.05) is 63.5 Å². The molecule has 3 aromatic rings. The minimum atomic E-state index is -1.03. The SMILES string of the molecule is C/C=C(\N=C/N=CN1CCN(CC(=O)N2CCN(c3cccc4c3C(=O)N(C3CCC(=O)NC3=O)C4=O)CC2)CC1)Nc1ncc(C(=O)Nc2c(C)cccc2Cl)s1.CC.CC. The molecule has 330 valence electrons. The third-order valence-electron chi connectivity index (χ3n) is 10.4. The number of allylic oxidation sites excluding steroid dienone is 1. The topological polar surface area (TPSA) is 192 Å². The van der Waals surface area contributed by atoms with Gasteiger partial charge >= 0.3 is 0 Å². The normalized spacial score (nSPS) is 18.3. The van der Waals surface area contributed by atoms with E-state index in [4.69, 9.17) is 11.6 Å². The summed E-state index contributed by atoms with van der Waals surface area (Å²) in [6.45, 7) is 16.6. The predicted octanol–water partition coefficient (Wildman–Crippen LogP) is 5.11. The van der Waals surface area contributed by atoms with E-state index >= 15 is 0 Å². The molecule has 3 fully saturated rings. The van der Waals surface area contributed by atoms with Crippen LogP contribution >= 0.6 is 22.9 Å².